The van der Waals surface area contributed by atoms with Crippen molar-refractivity contribution in [2.75, 3.05) is 31.2 Å². The second-order valence-electron chi connectivity index (χ2n) is 13.9. The van der Waals surface area contributed by atoms with Crippen LogP contribution in [0.25, 0.3) is 0 Å². The molecule has 0 atom stereocenters. The Morgan fingerprint density at radius 2 is 1.06 bits per heavy atom. The van der Waals surface area contributed by atoms with Crippen molar-refractivity contribution in [1.82, 2.24) is 0 Å². The summed E-state index contributed by atoms with van der Waals surface area (Å²) in [6, 6.07) is 9.95. The molecule has 0 spiro atoms. The molecule has 10 rings (SSSR count). The van der Waals surface area contributed by atoms with Gasteiger partial charge in [-0.1, -0.05) is 12.1 Å². The Morgan fingerprint density at radius 1 is 0.636 bits per heavy atom. The van der Waals surface area contributed by atoms with E-state index in [1.165, 1.54) is 0 Å². The Labute approximate surface area is 202 Å². The summed E-state index contributed by atoms with van der Waals surface area (Å²) in [5.41, 5.74) is 1.64. The molecule has 0 N–H and O–H groups in total. The number of hydrogen-bond donors (Lipinski definition) is 0. The summed E-state index contributed by atoms with van der Waals surface area (Å²) in [4.78, 5) is 2.73. The maximum absolute atomic E-state index is 5.79. The number of rotatable bonds is 4. The molecular weight excluding hydrogens is 421 g/mol. The molecule has 1 saturated heterocycles. The molecule has 0 aromatic heterocycles. The highest BCUT2D eigenvalue weighted by Crippen LogP contribution is 2.78. The molecule has 8 saturated carbocycles. The van der Waals surface area contributed by atoms with Crippen LogP contribution in [0, 0.1) is 35.5 Å². The lowest BCUT2D eigenvalue weighted by atomic mass is 9.55. The molecule has 178 valence electrons. The fourth-order valence-corrected chi connectivity index (χ4v) is 17.7. The van der Waals surface area contributed by atoms with Gasteiger partial charge in [0.15, 0.2) is 0 Å². The van der Waals surface area contributed by atoms with E-state index in [2.05, 4.69) is 29.2 Å². The summed E-state index contributed by atoms with van der Waals surface area (Å²) in [6.45, 7) is 4.00. The van der Waals surface area contributed by atoms with Crippen LogP contribution >= 0.6 is 7.92 Å². The van der Waals surface area contributed by atoms with Gasteiger partial charge in [-0.3, -0.25) is 0 Å². The average Bonchev–Trinajstić information content (AvgIpc) is 2.78. The first-order valence-electron chi connectivity index (χ1n) is 14.5. The van der Waals surface area contributed by atoms with Crippen LogP contribution in [-0.4, -0.2) is 36.6 Å². The monoisotopic (exact) mass is 464 g/mol. The number of nitrogens with zero attached hydrogens (tertiary/aromatic N) is 1. The summed E-state index contributed by atoms with van der Waals surface area (Å²) in [5, 5.41) is 3.29. The highest BCUT2D eigenvalue weighted by molar-refractivity contribution is 7.69. The first kappa shape index (κ1) is 20.6. The van der Waals surface area contributed by atoms with E-state index in [1.54, 1.807) is 82.7 Å². The van der Waals surface area contributed by atoms with Crippen molar-refractivity contribution < 1.29 is 4.74 Å². The van der Waals surface area contributed by atoms with Gasteiger partial charge in [0, 0.05) is 21.0 Å². The van der Waals surface area contributed by atoms with E-state index < -0.39 is 7.92 Å². The summed E-state index contributed by atoms with van der Waals surface area (Å²) < 4.78 is 5.79. The van der Waals surface area contributed by atoms with Crippen molar-refractivity contribution in [2.45, 2.75) is 87.4 Å². The van der Waals surface area contributed by atoms with Crippen molar-refractivity contribution in [3.63, 3.8) is 0 Å². The van der Waals surface area contributed by atoms with Crippen LogP contribution in [-0.2, 0) is 4.74 Å². The Kier molecular flexibility index (Phi) is 4.65. The zero-order valence-electron chi connectivity index (χ0n) is 20.4. The van der Waals surface area contributed by atoms with Crippen LogP contribution in [0.4, 0.5) is 5.69 Å². The molecule has 8 aliphatic carbocycles. The summed E-state index contributed by atoms with van der Waals surface area (Å²) >= 11 is 0. The van der Waals surface area contributed by atoms with Crippen LogP contribution in [0.15, 0.2) is 24.3 Å². The second kappa shape index (κ2) is 7.46. The van der Waals surface area contributed by atoms with Crippen LogP contribution in [0.1, 0.15) is 77.0 Å². The number of anilines is 1. The molecule has 0 unspecified atom stereocenters. The molecular formula is C30H43NOP+. The van der Waals surface area contributed by atoms with Crippen LogP contribution < -0.4 is 10.2 Å². The zero-order chi connectivity index (χ0) is 21.6. The lowest BCUT2D eigenvalue weighted by molar-refractivity contribution is 0.0195. The van der Waals surface area contributed by atoms with Gasteiger partial charge in [-0.25, -0.2) is 0 Å². The molecule has 1 aromatic rings. The van der Waals surface area contributed by atoms with Gasteiger partial charge in [-0.05, 0) is 125 Å². The minimum atomic E-state index is -0.671. The Balaban J connectivity index is 1.29. The third-order valence-corrected chi connectivity index (χ3v) is 16.0. The average molecular weight is 465 g/mol. The van der Waals surface area contributed by atoms with E-state index in [1.807, 2.05) is 5.30 Å². The lowest BCUT2D eigenvalue weighted by Crippen LogP contribution is -2.58. The maximum Gasteiger partial charge on any atom is 0.116 e. The second-order valence-corrected chi connectivity index (χ2v) is 17.3. The molecule has 1 heterocycles. The Morgan fingerprint density at radius 3 is 1.52 bits per heavy atom. The molecule has 2 nitrogen and oxygen atoms in total. The smallest absolute Gasteiger partial charge is 0.116 e. The summed E-state index contributed by atoms with van der Waals surface area (Å²) in [5.74, 6) is 6.42. The first-order valence-corrected chi connectivity index (χ1v) is 16.0. The molecule has 9 fully saturated rings. The highest BCUT2D eigenvalue weighted by atomic mass is 31.1. The van der Waals surface area contributed by atoms with E-state index >= 15 is 0 Å². The van der Waals surface area contributed by atoms with Gasteiger partial charge in [0.2, 0.25) is 0 Å². The van der Waals surface area contributed by atoms with E-state index in [0.717, 1.165) is 61.8 Å². The minimum Gasteiger partial charge on any atom is -0.378 e. The molecule has 8 bridgehead atoms. The van der Waals surface area contributed by atoms with Crippen molar-refractivity contribution in [3.8, 4) is 0 Å². The lowest BCUT2D eigenvalue weighted by Gasteiger charge is -2.63. The first-order chi connectivity index (χ1) is 16.2. The third-order valence-electron chi connectivity index (χ3n) is 11.7. The maximum atomic E-state index is 5.79. The van der Waals surface area contributed by atoms with Gasteiger partial charge >= 0.3 is 0 Å². The van der Waals surface area contributed by atoms with Crippen LogP contribution in [0.2, 0.25) is 0 Å². The molecule has 9 aliphatic rings. The zero-order valence-corrected chi connectivity index (χ0v) is 21.4. The topological polar surface area (TPSA) is 12.5 Å². The number of benzene rings is 1. The Hall–Kier alpha value is -0.590. The molecule has 1 aromatic carbocycles. The van der Waals surface area contributed by atoms with Crippen molar-refractivity contribution >= 4 is 18.9 Å². The van der Waals surface area contributed by atoms with Gasteiger partial charge in [0.1, 0.15) is 5.30 Å². The van der Waals surface area contributed by atoms with Gasteiger partial charge in [0.05, 0.1) is 29.2 Å². The quantitative estimate of drug-likeness (QED) is 0.485. The van der Waals surface area contributed by atoms with Crippen LogP contribution in [0.3, 0.4) is 0 Å². The molecule has 1 aliphatic heterocycles. The number of hydrogen-bond acceptors (Lipinski definition) is 2. The van der Waals surface area contributed by atoms with Gasteiger partial charge in [-0.15, -0.1) is 0 Å². The Bertz CT molecular complexity index is 805. The van der Waals surface area contributed by atoms with Crippen molar-refractivity contribution in [1.29, 1.82) is 0 Å². The van der Waals surface area contributed by atoms with E-state index in [4.69, 9.17) is 4.74 Å². The number of morpholine rings is 1. The fraction of sp³-hybridized carbons (Fsp3) is 0.800. The van der Waals surface area contributed by atoms with Crippen molar-refractivity contribution in [3.05, 3.63) is 24.3 Å². The molecule has 3 heteroatoms. The minimum absolute atomic E-state index is 0.671. The predicted molar refractivity (Wildman–Crippen MR) is 139 cm³/mol. The van der Waals surface area contributed by atoms with Crippen molar-refractivity contribution in [2.24, 2.45) is 35.5 Å². The van der Waals surface area contributed by atoms with Gasteiger partial charge in [0.25, 0.3) is 0 Å². The van der Waals surface area contributed by atoms with E-state index in [0.29, 0.717) is 10.3 Å². The SMILES string of the molecule is c1ccc([PH+](C23CC4CC(CC(C4)C2)C3)C23CC4CC(CC(C4)C2)C3)c(N2CCOCC2)c1. The third kappa shape index (κ3) is 3.18. The summed E-state index contributed by atoms with van der Waals surface area (Å²) in [7, 11) is -0.671. The highest BCUT2D eigenvalue weighted by Gasteiger charge is 2.68. The summed E-state index contributed by atoms with van der Waals surface area (Å²) in [6.07, 6.45) is 19.1. The standard InChI is InChI=1S/C30H42NOP/c1-2-4-28(27(3-1)31-5-7-32-8-6-31)33(29-15-21-9-22(16-29)11-23(10-21)17-29)30-18-24-12-25(19-30)14-26(13-24)20-30/h1-4,21-26H,5-20H2/p+1. The fourth-order valence-electron chi connectivity index (χ4n) is 11.7. The molecule has 33 heavy (non-hydrogen) atoms. The van der Waals surface area contributed by atoms with Gasteiger partial charge < -0.3 is 9.64 Å². The number of para-hydroxylation sites is 1. The van der Waals surface area contributed by atoms with Crippen LogP contribution in [0.5, 0.6) is 0 Å². The largest absolute Gasteiger partial charge is 0.378 e. The number of ether oxygens (including phenoxy) is 1. The van der Waals surface area contributed by atoms with E-state index in [-0.39, 0.29) is 0 Å². The molecule has 0 amide bonds. The predicted octanol–water partition coefficient (Wildman–Crippen LogP) is 6.30. The normalized spacial score (nSPS) is 48.4. The van der Waals surface area contributed by atoms with Gasteiger partial charge in [-0.2, -0.15) is 0 Å². The van der Waals surface area contributed by atoms with E-state index in [9.17, 15) is 0 Å². The molecule has 0 radical (unpaired) electrons.